The first-order chi connectivity index (χ1) is 11.6. The maximum absolute atomic E-state index is 12.3. The van der Waals surface area contributed by atoms with Gasteiger partial charge in [-0.3, -0.25) is 0 Å². The summed E-state index contributed by atoms with van der Waals surface area (Å²) in [5, 5.41) is 13.2. The predicted molar refractivity (Wildman–Crippen MR) is 88.7 cm³/mol. The van der Waals surface area contributed by atoms with Crippen molar-refractivity contribution in [1.29, 1.82) is 5.26 Å². The Balaban J connectivity index is 1.74. The summed E-state index contributed by atoms with van der Waals surface area (Å²) in [5.41, 5.74) is 1.79. The molecule has 2 aromatic carbocycles. The lowest BCUT2D eigenvalue weighted by Crippen LogP contribution is -2.23. The molecule has 6 nitrogen and oxygen atoms in total. The van der Waals surface area contributed by atoms with Crippen LogP contribution in [0.25, 0.3) is 5.69 Å². The number of nitriles is 1. The van der Waals surface area contributed by atoms with E-state index in [-0.39, 0.29) is 11.4 Å². The molecule has 0 amide bonds. The van der Waals surface area contributed by atoms with Gasteiger partial charge in [-0.15, -0.1) is 0 Å². The van der Waals surface area contributed by atoms with Gasteiger partial charge in [-0.1, -0.05) is 24.3 Å². The Kier molecular flexibility index (Phi) is 4.42. The molecule has 3 rings (SSSR count). The molecule has 0 radical (unpaired) electrons. The van der Waals surface area contributed by atoms with Crippen LogP contribution in [-0.2, 0) is 16.6 Å². The van der Waals surface area contributed by atoms with Crippen LogP contribution in [0.5, 0.6) is 0 Å². The van der Waals surface area contributed by atoms with Crippen molar-refractivity contribution in [2.45, 2.75) is 11.4 Å². The first-order valence-corrected chi connectivity index (χ1v) is 8.66. The van der Waals surface area contributed by atoms with Crippen molar-refractivity contribution in [3.63, 3.8) is 0 Å². The number of benzene rings is 2. The number of aromatic nitrogens is 2. The molecule has 0 aliphatic rings. The van der Waals surface area contributed by atoms with Gasteiger partial charge in [-0.25, -0.2) is 17.8 Å². The van der Waals surface area contributed by atoms with Crippen molar-refractivity contribution in [3.8, 4) is 11.8 Å². The quantitative estimate of drug-likeness (QED) is 0.772. The van der Waals surface area contributed by atoms with E-state index in [1.807, 2.05) is 36.4 Å². The molecule has 24 heavy (non-hydrogen) atoms. The first-order valence-electron chi connectivity index (χ1n) is 7.18. The molecule has 0 saturated carbocycles. The molecule has 0 aliphatic carbocycles. The first kappa shape index (κ1) is 15.9. The Labute approximate surface area is 140 Å². The van der Waals surface area contributed by atoms with Crippen LogP contribution < -0.4 is 4.72 Å². The van der Waals surface area contributed by atoms with Gasteiger partial charge in [-0.05, 0) is 36.4 Å². The van der Waals surface area contributed by atoms with Crippen molar-refractivity contribution >= 4 is 10.0 Å². The summed E-state index contributed by atoms with van der Waals surface area (Å²) in [4.78, 5) is 0.0593. The lowest BCUT2D eigenvalue weighted by atomic mass is 10.2. The zero-order valence-corrected chi connectivity index (χ0v) is 13.4. The smallest absolute Gasteiger partial charge is 0.240 e. The second-order valence-electron chi connectivity index (χ2n) is 5.05. The van der Waals surface area contributed by atoms with Gasteiger partial charge in [0, 0.05) is 6.20 Å². The van der Waals surface area contributed by atoms with Crippen LogP contribution >= 0.6 is 0 Å². The van der Waals surface area contributed by atoms with E-state index < -0.39 is 10.0 Å². The Hall–Kier alpha value is -2.95. The maximum atomic E-state index is 12.3. The zero-order valence-electron chi connectivity index (χ0n) is 12.6. The summed E-state index contributed by atoms with van der Waals surface area (Å²) in [7, 11) is -3.70. The van der Waals surface area contributed by atoms with Crippen molar-refractivity contribution in [2.75, 3.05) is 0 Å². The number of hydrogen-bond acceptors (Lipinski definition) is 4. The van der Waals surface area contributed by atoms with Crippen LogP contribution in [0.2, 0.25) is 0 Å². The van der Waals surface area contributed by atoms with E-state index in [1.165, 1.54) is 18.2 Å². The van der Waals surface area contributed by atoms with E-state index in [0.717, 1.165) is 5.69 Å². The third-order valence-electron chi connectivity index (χ3n) is 3.38. The molecule has 0 saturated heterocycles. The van der Waals surface area contributed by atoms with Gasteiger partial charge in [-0.2, -0.15) is 10.4 Å². The fraction of sp³-hybridized carbons (Fsp3) is 0.0588. The molecule has 0 spiro atoms. The average Bonchev–Trinajstić information content (AvgIpc) is 3.10. The molecule has 1 heterocycles. The van der Waals surface area contributed by atoms with Crippen LogP contribution in [0.15, 0.2) is 71.8 Å². The molecule has 1 N–H and O–H groups in total. The molecule has 3 aromatic rings. The third-order valence-corrected chi connectivity index (χ3v) is 4.78. The molecule has 120 valence electrons. The summed E-state index contributed by atoms with van der Waals surface area (Å²) in [6, 6.07) is 19.1. The Morgan fingerprint density at radius 1 is 1.08 bits per heavy atom. The van der Waals surface area contributed by atoms with E-state index in [2.05, 4.69) is 9.82 Å². The van der Waals surface area contributed by atoms with Crippen LogP contribution in [0.3, 0.4) is 0 Å². The lowest BCUT2D eigenvalue weighted by Gasteiger charge is -2.05. The minimum Gasteiger partial charge on any atom is -0.241 e. The van der Waals surface area contributed by atoms with E-state index in [9.17, 15) is 8.42 Å². The zero-order chi connectivity index (χ0) is 17.0. The van der Waals surface area contributed by atoms with Crippen molar-refractivity contribution < 1.29 is 8.42 Å². The highest BCUT2D eigenvalue weighted by atomic mass is 32.2. The van der Waals surface area contributed by atoms with Gasteiger partial charge in [0.1, 0.15) is 0 Å². The topological polar surface area (TPSA) is 87.8 Å². The molecule has 0 fully saturated rings. The predicted octanol–water partition coefficient (Wildman–Crippen LogP) is 2.22. The Bertz CT molecular complexity index is 989. The molecule has 0 atom stereocenters. The lowest BCUT2D eigenvalue weighted by molar-refractivity contribution is 0.580. The normalized spacial score (nSPS) is 11.1. The van der Waals surface area contributed by atoms with E-state index in [4.69, 9.17) is 5.26 Å². The second-order valence-corrected chi connectivity index (χ2v) is 6.82. The van der Waals surface area contributed by atoms with Crippen molar-refractivity contribution in [3.05, 3.63) is 78.1 Å². The van der Waals surface area contributed by atoms with Crippen LogP contribution in [0.1, 0.15) is 11.3 Å². The third kappa shape index (κ3) is 3.51. The molecule has 1 aromatic heterocycles. The Morgan fingerprint density at radius 3 is 2.62 bits per heavy atom. The summed E-state index contributed by atoms with van der Waals surface area (Å²) in [6.07, 6.45) is 1.77. The Morgan fingerprint density at radius 2 is 1.88 bits per heavy atom. The van der Waals surface area contributed by atoms with E-state index >= 15 is 0 Å². The molecular weight excluding hydrogens is 324 g/mol. The standard InChI is InChI=1S/C17H14N4O2S/c18-12-14-5-4-8-17(11-14)24(22,23)19-13-15-9-10-21(20-15)16-6-2-1-3-7-16/h1-11,19H,13H2. The van der Waals surface area contributed by atoms with Gasteiger partial charge >= 0.3 is 0 Å². The highest BCUT2D eigenvalue weighted by Crippen LogP contribution is 2.12. The van der Waals surface area contributed by atoms with Crippen molar-refractivity contribution in [1.82, 2.24) is 14.5 Å². The maximum Gasteiger partial charge on any atom is 0.240 e. The monoisotopic (exact) mass is 338 g/mol. The number of rotatable bonds is 5. The molecule has 0 bridgehead atoms. The summed E-state index contributed by atoms with van der Waals surface area (Å²) in [5.74, 6) is 0. The molecule has 0 aliphatic heterocycles. The summed E-state index contributed by atoms with van der Waals surface area (Å²) < 4.78 is 28.8. The van der Waals surface area contributed by atoms with Gasteiger partial charge < -0.3 is 0 Å². The molecular formula is C17H14N4O2S. The van der Waals surface area contributed by atoms with Crippen molar-refractivity contribution in [2.24, 2.45) is 0 Å². The fourth-order valence-corrected chi connectivity index (χ4v) is 3.21. The molecule has 0 unspecified atom stereocenters. The number of sulfonamides is 1. The average molecular weight is 338 g/mol. The number of nitrogens with one attached hydrogen (secondary N) is 1. The highest BCUT2D eigenvalue weighted by molar-refractivity contribution is 7.89. The van der Waals surface area contributed by atoms with Crippen LogP contribution in [-0.4, -0.2) is 18.2 Å². The SMILES string of the molecule is N#Cc1cccc(S(=O)(=O)NCc2ccn(-c3ccccc3)n2)c1. The van der Waals surface area contributed by atoms with Crippen LogP contribution in [0, 0.1) is 11.3 Å². The highest BCUT2D eigenvalue weighted by Gasteiger charge is 2.15. The molecule has 7 heteroatoms. The van der Waals surface area contributed by atoms with Gasteiger partial charge in [0.2, 0.25) is 10.0 Å². The van der Waals surface area contributed by atoms with Crippen LogP contribution in [0.4, 0.5) is 0 Å². The summed E-state index contributed by atoms with van der Waals surface area (Å²) >= 11 is 0. The minimum atomic E-state index is -3.70. The van der Waals surface area contributed by atoms with Gasteiger partial charge in [0.05, 0.1) is 34.5 Å². The number of nitrogens with zero attached hydrogens (tertiary/aromatic N) is 3. The second kappa shape index (κ2) is 6.66. The van der Waals surface area contributed by atoms with E-state index in [1.54, 1.807) is 23.0 Å². The minimum absolute atomic E-state index is 0.0593. The largest absolute Gasteiger partial charge is 0.241 e. The number of para-hydroxylation sites is 1. The number of hydrogen-bond donors (Lipinski definition) is 1. The summed E-state index contributed by atoms with van der Waals surface area (Å²) in [6.45, 7) is 0.0684. The van der Waals surface area contributed by atoms with E-state index in [0.29, 0.717) is 11.3 Å². The van der Waals surface area contributed by atoms with Gasteiger partial charge in [0.15, 0.2) is 0 Å². The fourth-order valence-electron chi connectivity index (χ4n) is 2.17. The van der Waals surface area contributed by atoms with Gasteiger partial charge in [0.25, 0.3) is 0 Å².